The highest BCUT2D eigenvalue weighted by Gasteiger charge is 2.31. The van der Waals surface area contributed by atoms with E-state index >= 15 is 0 Å². The second kappa shape index (κ2) is 22.8. The largest absolute Gasteiger partial charge is 0.460 e. The van der Waals surface area contributed by atoms with Gasteiger partial charge >= 0.3 is 23.9 Å². The van der Waals surface area contributed by atoms with Gasteiger partial charge in [0.15, 0.2) is 0 Å². The maximum absolute atomic E-state index is 13.1. The summed E-state index contributed by atoms with van der Waals surface area (Å²) in [5, 5.41) is 10.9. The molecule has 1 aromatic rings. The molecule has 0 fully saturated rings. The first-order valence-corrected chi connectivity index (χ1v) is 18.6. The molecule has 6 N–H and O–H groups in total. The minimum absolute atomic E-state index is 0.0749. The minimum Gasteiger partial charge on any atom is -0.460 e. The average Bonchev–Trinajstić information content (AvgIpc) is 3.01. The van der Waals surface area contributed by atoms with Crippen LogP contribution in [0.5, 0.6) is 0 Å². The number of nitrogens with one attached hydrogen (secondary N) is 4. The highest BCUT2D eigenvalue weighted by molar-refractivity contribution is 5.87. The van der Waals surface area contributed by atoms with Crippen LogP contribution >= 0.6 is 0 Å². The van der Waals surface area contributed by atoms with Gasteiger partial charge < -0.3 is 41.2 Å². The van der Waals surface area contributed by atoms with E-state index in [1.54, 1.807) is 62.3 Å². The topological polar surface area (TPSA) is 204 Å². The van der Waals surface area contributed by atoms with Crippen molar-refractivity contribution in [3.8, 4) is 0 Å². The first kappa shape index (κ1) is 46.8. The SMILES string of the molecule is CC(C)(C)OC(=O)CC[C@H](NC(=O)NC(CCCCNC(=O)CCCCCNC(=O)C(N)Cc1ccccc1)C(=O)OC(C)(C)C)C(=O)OC(C)(C)C. The summed E-state index contributed by atoms with van der Waals surface area (Å²) in [7, 11) is 0. The van der Waals surface area contributed by atoms with Crippen LogP contribution in [0.15, 0.2) is 30.3 Å². The first-order chi connectivity index (χ1) is 24.5. The van der Waals surface area contributed by atoms with Crippen LogP contribution < -0.4 is 27.0 Å². The minimum atomic E-state index is -1.18. The van der Waals surface area contributed by atoms with Crippen LogP contribution in [-0.4, -0.2) is 83.8 Å². The number of ether oxygens (including phenoxy) is 3. The molecule has 1 aromatic carbocycles. The Balaban J connectivity index is 2.55. The smallest absolute Gasteiger partial charge is 0.329 e. The molecule has 0 aliphatic carbocycles. The van der Waals surface area contributed by atoms with Crippen molar-refractivity contribution < 1.29 is 43.0 Å². The molecule has 2 unspecified atom stereocenters. The Bertz CT molecular complexity index is 1320. The van der Waals surface area contributed by atoms with E-state index in [4.69, 9.17) is 19.9 Å². The molecular formula is C39H65N5O9. The van der Waals surface area contributed by atoms with Crippen molar-refractivity contribution in [3.05, 3.63) is 35.9 Å². The van der Waals surface area contributed by atoms with Crippen molar-refractivity contribution in [1.29, 1.82) is 0 Å². The maximum atomic E-state index is 13.1. The number of unbranched alkanes of at least 4 members (excludes halogenated alkanes) is 3. The van der Waals surface area contributed by atoms with Gasteiger partial charge in [-0.15, -0.1) is 0 Å². The quantitative estimate of drug-likeness (QED) is 0.0683. The number of benzene rings is 1. The molecule has 14 heteroatoms. The fraction of sp³-hybridized carbons (Fsp3) is 0.692. The second-order valence-corrected chi connectivity index (χ2v) is 16.2. The molecule has 0 aliphatic rings. The third-order valence-corrected chi connectivity index (χ3v) is 7.31. The summed E-state index contributed by atoms with van der Waals surface area (Å²) in [6.07, 6.45) is 3.99. The Labute approximate surface area is 315 Å². The van der Waals surface area contributed by atoms with Gasteiger partial charge in [-0.3, -0.25) is 14.4 Å². The Morgan fingerprint density at radius 2 is 1.13 bits per heavy atom. The number of rotatable bonds is 21. The van der Waals surface area contributed by atoms with Gasteiger partial charge in [-0.05, 0) is 113 Å². The van der Waals surface area contributed by atoms with Crippen LogP contribution in [0.2, 0.25) is 0 Å². The van der Waals surface area contributed by atoms with E-state index in [2.05, 4.69) is 21.3 Å². The molecule has 0 saturated carbocycles. The summed E-state index contributed by atoms with van der Waals surface area (Å²) in [6.45, 7) is 16.3. The lowest BCUT2D eigenvalue weighted by Gasteiger charge is -2.27. The standard InChI is InChI=1S/C39H65N5O9/c1-37(2,3)51-32(46)23-22-30(35(49)53-39(7,8)9)44-36(50)43-29(34(48)52-38(4,5)6)20-15-17-24-41-31(45)21-14-11-16-25-42-33(47)28(40)26-27-18-12-10-13-19-27/h10,12-13,18-19,28-30H,11,14-17,20-26,40H2,1-9H3,(H,41,45)(H,42,47)(H2,43,44,50)/t28?,29?,30-/m0/s1. The van der Waals surface area contributed by atoms with Crippen LogP contribution in [0.1, 0.15) is 126 Å². The van der Waals surface area contributed by atoms with E-state index in [0.717, 1.165) is 18.4 Å². The molecule has 53 heavy (non-hydrogen) atoms. The monoisotopic (exact) mass is 747 g/mol. The summed E-state index contributed by atoms with van der Waals surface area (Å²) in [5.74, 6) is -2.20. The summed E-state index contributed by atoms with van der Waals surface area (Å²) in [6, 6.07) is 5.96. The lowest BCUT2D eigenvalue weighted by Crippen LogP contribution is -2.53. The molecule has 3 atom stereocenters. The number of esters is 3. The molecule has 0 radical (unpaired) electrons. The molecule has 0 bridgehead atoms. The van der Waals surface area contributed by atoms with Gasteiger partial charge in [0.1, 0.15) is 28.9 Å². The Morgan fingerprint density at radius 3 is 1.68 bits per heavy atom. The van der Waals surface area contributed by atoms with Gasteiger partial charge in [-0.2, -0.15) is 0 Å². The third kappa shape index (κ3) is 23.9. The lowest BCUT2D eigenvalue weighted by molar-refractivity contribution is -0.159. The molecule has 4 amide bonds. The number of hydrogen-bond donors (Lipinski definition) is 5. The number of hydrogen-bond acceptors (Lipinski definition) is 10. The Morgan fingerprint density at radius 1 is 0.623 bits per heavy atom. The van der Waals surface area contributed by atoms with Crippen molar-refractivity contribution in [2.45, 2.75) is 161 Å². The number of carbonyl (C=O) groups is 6. The molecule has 0 spiro atoms. The van der Waals surface area contributed by atoms with E-state index in [1.165, 1.54) is 0 Å². The normalized spacial score (nSPS) is 13.5. The highest BCUT2D eigenvalue weighted by Crippen LogP contribution is 2.15. The van der Waals surface area contributed by atoms with Gasteiger partial charge in [0.25, 0.3) is 0 Å². The Hall–Kier alpha value is -4.20. The number of nitrogens with two attached hydrogens (primary N) is 1. The second-order valence-electron chi connectivity index (χ2n) is 16.2. The van der Waals surface area contributed by atoms with E-state index < -0.39 is 58.9 Å². The zero-order valence-electron chi connectivity index (χ0n) is 33.4. The summed E-state index contributed by atoms with van der Waals surface area (Å²) in [4.78, 5) is 76.1. The molecule has 14 nitrogen and oxygen atoms in total. The molecule has 300 valence electrons. The molecule has 1 rings (SSSR count). The molecular weight excluding hydrogens is 682 g/mol. The predicted octanol–water partition coefficient (Wildman–Crippen LogP) is 4.36. The fourth-order valence-corrected chi connectivity index (χ4v) is 4.94. The van der Waals surface area contributed by atoms with Gasteiger partial charge in [-0.25, -0.2) is 14.4 Å². The lowest BCUT2D eigenvalue weighted by atomic mass is 10.1. The van der Waals surface area contributed by atoms with E-state index in [-0.39, 0.29) is 31.1 Å². The third-order valence-electron chi connectivity index (χ3n) is 7.31. The van der Waals surface area contributed by atoms with Crippen molar-refractivity contribution in [2.75, 3.05) is 13.1 Å². The summed E-state index contributed by atoms with van der Waals surface area (Å²) in [5.41, 5.74) is 4.65. The van der Waals surface area contributed by atoms with Gasteiger partial charge in [0, 0.05) is 25.9 Å². The van der Waals surface area contributed by atoms with Crippen LogP contribution in [0.3, 0.4) is 0 Å². The summed E-state index contributed by atoms with van der Waals surface area (Å²) >= 11 is 0. The number of carbonyl (C=O) groups excluding carboxylic acids is 6. The highest BCUT2D eigenvalue weighted by atomic mass is 16.6. The van der Waals surface area contributed by atoms with Crippen molar-refractivity contribution in [1.82, 2.24) is 21.3 Å². The van der Waals surface area contributed by atoms with Crippen LogP contribution in [0, 0.1) is 0 Å². The van der Waals surface area contributed by atoms with Crippen molar-refractivity contribution >= 4 is 35.8 Å². The van der Waals surface area contributed by atoms with Crippen LogP contribution in [0.4, 0.5) is 4.79 Å². The van der Waals surface area contributed by atoms with E-state index in [1.807, 2.05) is 30.3 Å². The first-order valence-electron chi connectivity index (χ1n) is 18.6. The van der Waals surface area contributed by atoms with E-state index in [0.29, 0.717) is 45.2 Å². The molecule has 0 saturated heterocycles. The predicted molar refractivity (Wildman–Crippen MR) is 202 cm³/mol. The molecule has 0 heterocycles. The van der Waals surface area contributed by atoms with Gasteiger partial charge in [0.05, 0.1) is 6.04 Å². The van der Waals surface area contributed by atoms with E-state index in [9.17, 15) is 28.8 Å². The van der Waals surface area contributed by atoms with Crippen LogP contribution in [0.25, 0.3) is 0 Å². The maximum Gasteiger partial charge on any atom is 0.329 e. The molecule has 0 aromatic heterocycles. The summed E-state index contributed by atoms with van der Waals surface area (Å²) < 4.78 is 16.3. The average molecular weight is 748 g/mol. The number of amides is 4. The van der Waals surface area contributed by atoms with Crippen LogP contribution in [-0.2, 0) is 44.6 Å². The number of urea groups is 1. The zero-order chi connectivity index (χ0) is 40.2. The zero-order valence-corrected chi connectivity index (χ0v) is 33.4. The van der Waals surface area contributed by atoms with Crippen molar-refractivity contribution in [2.24, 2.45) is 5.73 Å². The molecule has 0 aliphatic heterocycles. The van der Waals surface area contributed by atoms with Gasteiger partial charge in [-0.1, -0.05) is 36.8 Å². The van der Waals surface area contributed by atoms with Crippen molar-refractivity contribution in [3.63, 3.8) is 0 Å². The Kier molecular flexibility index (Phi) is 20.1. The fourth-order valence-electron chi connectivity index (χ4n) is 4.94. The van der Waals surface area contributed by atoms with Gasteiger partial charge in [0.2, 0.25) is 11.8 Å².